The molecule has 3 aromatic carbocycles. The highest BCUT2D eigenvalue weighted by Crippen LogP contribution is 2.21. The van der Waals surface area contributed by atoms with E-state index in [4.69, 9.17) is 10.8 Å². The third-order valence-corrected chi connectivity index (χ3v) is 3.00. The lowest BCUT2D eigenvalue weighted by Gasteiger charge is -2.00. The van der Waals surface area contributed by atoms with Crippen LogP contribution in [0.3, 0.4) is 0 Å². The largest absolute Gasteiger partial charge is 0.480 e. The van der Waals surface area contributed by atoms with Crippen molar-refractivity contribution < 1.29 is 14.6 Å². The van der Waals surface area contributed by atoms with Crippen LogP contribution in [0.25, 0.3) is 21.5 Å². The highest BCUT2D eigenvalue weighted by atomic mass is 19.0. The molecule has 0 saturated carbocycles. The SMILES string of the molecule is CC(N)C(=O)O.F.c1ccc2cc3ccccc3cc2c1. The van der Waals surface area contributed by atoms with E-state index in [2.05, 4.69) is 60.7 Å². The van der Waals surface area contributed by atoms with Crippen LogP contribution in [0.5, 0.6) is 0 Å². The predicted molar refractivity (Wildman–Crippen MR) is 85.2 cm³/mol. The van der Waals surface area contributed by atoms with Gasteiger partial charge in [-0.1, -0.05) is 48.5 Å². The molecule has 110 valence electrons. The molecule has 0 amide bonds. The molecule has 1 atom stereocenters. The zero-order valence-electron chi connectivity index (χ0n) is 11.7. The van der Waals surface area contributed by atoms with Gasteiger partial charge in [0.25, 0.3) is 0 Å². The number of carboxylic acids is 1. The second kappa shape index (κ2) is 7.36. The molecule has 3 nitrogen and oxygen atoms in total. The van der Waals surface area contributed by atoms with Crippen LogP contribution in [-0.4, -0.2) is 17.1 Å². The van der Waals surface area contributed by atoms with Gasteiger partial charge in [0.05, 0.1) is 0 Å². The lowest BCUT2D eigenvalue weighted by molar-refractivity contribution is -0.138. The fourth-order valence-electron chi connectivity index (χ4n) is 1.88. The number of nitrogens with two attached hydrogens (primary N) is 1. The number of hydrogen-bond donors (Lipinski definition) is 2. The number of fused-ring (bicyclic) bond motifs is 2. The monoisotopic (exact) mass is 287 g/mol. The Morgan fingerprint density at radius 3 is 1.33 bits per heavy atom. The fraction of sp³-hybridized carbons (Fsp3) is 0.118. The molecular formula is C17H18FNO2. The van der Waals surface area contributed by atoms with Crippen molar-refractivity contribution in [1.82, 2.24) is 0 Å². The number of carbonyl (C=O) groups is 1. The molecule has 0 fully saturated rings. The van der Waals surface area contributed by atoms with Crippen molar-refractivity contribution in [2.45, 2.75) is 13.0 Å². The summed E-state index contributed by atoms with van der Waals surface area (Å²) >= 11 is 0. The predicted octanol–water partition coefficient (Wildman–Crippen LogP) is 3.56. The number of aliphatic carboxylic acids is 1. The molecule has 0 aliphatic carbocycles. The maximum atomic E-state index is 9.57. The summed E-state index contributed by atoms with van der Waals surface area (Å²) in [5, 5.41) is 13.1. The van der Waals surface area contributed by atoms with Crippen LogP contribution < -0.4 is 5.73 Å². The van der Waals surface area contributed by atoms with E-state index >= 15 is 0 Å². The summed E-state index contributed by atoms with van der Waals surface area (Å²) < 4.78 is 0. The average Bonchev–Trinajstić information content (AvgIpc) is 2.45. The molecule has 0 spiro atoms. The van der Waals surface area contributed by atoms with Gasteiger partial charge in [-0.25, -0.2) is 0 Å². The molecule has 0 aromatic heterocycles. The molecule has 0 aliphatic heterocycles. The van der Waals surface area contributed by atoms with E-state index in [1.165, 1.54) is 28.5 Å². The molecule has 3 aromatic rings. The van der Waals surface area contributed by atoms with E-state index in [0.29, 0.717) is 0 Å². The Morgan fingerprint density at radius 2 is 1.14 bits per heavy atom. The molecule has 0 saturated heterocycles. The number of carboxylic acid groups (broad SMARTS) is 1. The second-order valence-corrected chi connectivity index (χ2v) is 4.67. The van der Waals surface area contributed by atoms with Crippen molar-refractivity contribution in [1.29, 1.82) is 0 Å². The van der Waals surface area contributed by atoms with Crippen LogP contribution in [-0.2, 0) is 4.79 Å². The van der Waals surface area contributed by atoms with Gasteiger partial charge in [0.15, 0.2) is 0 Å². The summed E-state index contributed by atoms with van der Waals surface area (Å²) in [6, 6.07) is 20.7. The molecule has 4 heteroatoms. The maximum absolute atomic E-state index is 9.57. The Bertz CT molecular complexity index is 636. The van der Waals surface area contributed by atoms with Crippen molar-refractivity contribution in [3.63, 3.8) is 0 Å². The standard InChI is InChI=1S/C14H10.C3H7NO2.FH/c1-2-6-12-10-14-8-4-3-7-13(14)9-11(12)5-1;1-2(4)3(5)6;/h1-10H;2H,4H2,1H3,(H,5,6);1H. The van der Waals surface area contributed by atoms with Gasteiger partial charge in [-0.05, 0) is 40.6 Å². The van der Waals surface area contributed by atoms with E-state index < -0.39 is 12.0 Å². The van der Waals surface area contributed by atoms with E-state index in [1.807, 2.05) is 0 Å². The first-order valence-electron chi connectivity index (χ1n) is 6.44. The molecule has 1 unspecified atom stereocenters. The Hall–Kier alpha value is -2.46. The average molecular weight is 287 g/mol. The van der Waals surface area contributed by atoms with Crippen molar-refractivity contribution >= 4 is 27.5 Å². The highest BCUT2D eigenvalue weighted by molar-refractivity contribution is 5.98. The third-order valence-electron chi connectivity index (χ3n) is 3.00. The summed E-state index contributed by atoms with van der Waals surface area (Å²) in [4.78, 5) is 9.57. The lowest BCUT2D eigenvalue weighted by Crippen LogP contribution is -2.25. The zero-order chi connectivity index (χ0) is 14.5. The molecule has 0 heterocycles. The normalized spacial score (nSPS) is 11.1. The molecule has 0 bridgehead atoms. The first-order valence-corrected chi connectivity index (χ1v) is 6.44. The van der Waals surface area contributed by atoms with Gasteiger partial charge in [0, 0.05) is 0 Å². The molecule has 3 rings (SSSR count). The number of benzene rings is 3. The first kappa shape index (κ1) is 16.6. The summed E-state index contributed by atoms with van der Waals surface area (Å²) in [5.74, 6) is -0.963. The van der Waals surface area contributed by atoms with Crippen molar-refractivity contribution in [2.24, 2.45) is 5.73 Å². The van der Waals surface area contributed by atoms with Crippen molar-refractivity contribution in [3.05, 3.63) is 60.7 Å². The Morgan fingerprint density at radius 1 is 0.905 bits per heavy atom. The van der Waals surface area contributed by atoms with Gasteiger partial charge in [-0.15, -0.1) is 0 Å². The highest BCUT2D eigenvalue weighted by Gasteiger charge is 1.99. The molecule has 0 radical (unpaired) electrons. The number of hydrogen-bond acceptors (Lipinski definition) is 2. The minimum absolute atomic E-state index is 0. The topological polar surface area (TPSA) is 63.3 Å². The summed E-state index contributed by atoms with van der Waals surface area (Å²) in [6.45, 7) is 1.42. The van der Waals surface area contributed by atoms with E-state index in [9.17, 15) is 4.79 Å². The van der Waals surface area contributed by atoms with Gasteiger partial charge >= 0.3 is 5.97 Å². The van der Waals surface area contributed by atoms with Crippen LogP contribution in [0.4, 0.5) is 4.70 Å². The number of rotatable bonds is 1. The van der Waals surface area contributed by atoms with Crippen LogP contribution in [0, 0.1) is 0 Å². The summed E-state index contributed by atoms with van der Waals surface area (Å²) in [7, 11) is 0. The van der Waals surface area contributed by atoms with Gasteiger partial charge < -0.3 is 10.8 Å². The maximum Gasteiger partial charge on any atom is 0.320 e. The number of halogens is 1. The fourth-order valence-corrected chi connectivity index (χ4v) is 1.88. The summed E-state index contributed by atoms with van der Waals surface area (Å²) in [6.07, 6.45) is 0. The van der Waals surface area contributed by atoms with Gasteiger partial charge in [-0.3, -0.25) is 9.50 Å². The summed E-state index contributed by atoms with van der Waals surface area (Å²) in [5.41, 5.74) is 4.84. The molecule has 3 N–H and O–H groups in total. The van der Waals surface area contributed by atoms with E-state index in [0.717, 1.165) is 0 Å². The van der Waals surface area contributed by atoms with Crippen molar-refractivity contribution in [2.75, 3.05) is 0 Å². The zero-order valence-corrected chi connectivity index (χ0v) is 11.7. The second-order valence-electron chi connectivity index (χ2n) is 4.67. The van der Waals surface area contributed by atoms with Crippen LogP contribution in [0.1, 0.15) is 6.92 Å². The van der Waals surface area contributed by atoms with E-state index in [1.54, 1.807) is 0 Å². The van der Waals surface area contributed by atoms with Gasteiger partial charge in [0.1, 0.15) is 6.04 Å². The first-order chi connectivity index (χ1) is 9.58. The Balaban J connectivity index is 0.000000275. The third kappa shape index (κ3) is 4.26. The van der Waals surface area contributed by atoms with Gasteiger partial charge in [0.2, 0.25) is 0 Å². The van der Waals surface area contributed by atoms with Crippen molar-refractivity contribution in [3.8, 4) is 0 Å². The Kier molecular flexibility index (Phi) is 5.81. The molecular weight excluding hydrogens is 269 g/mol. The van der Waals surface area contributed by atoms with E-state index in [-0.39, 0.29) is 4.70 Å². The lowest BCUT2D eigenvalue weighted by atomic mass is 10.0. The van der Waals surface area contributed by atoms with Crippen LogP contribution in [0.2, 0.25) is 0 Å². The van der Waals surface area contributed by atoms with Crippen LogP contribution in [0.15, 0.2) is 60.7 Å². The minimum Gasteiger partial charge on any atom is -0.480 e. The van der Waals surface area contributed by atoms with Crippen LogP contribution >= 0.6 is 0 Å². The molecule has 21 heavy (non-hydrogen) atoms. The smallest absolute Gasteiger partial charge is 0.320 e. The Labute approximate surface area is 122 Å². The molecule has 0 aliphatic rings. The van der Waals surface area contributed by atoms with Gasteiger partial charge in [-0.2, -0.15) is 0 Å². The quantitative estimate of drug-likeness (QED) is 0.673. The minimum atomic E-state index is -0.963.